The van der Waals surface area contributed by atoms with Gasteiger partial charge < -0.3 is 4.74 Å². The number of hydrogen-bond donors (Lipinski definition) is 1. The van der Waals surface area contributed by atoms with Crippen molar-refractivity contribution in [3.05, 3.63) is 45.9 Å². The van der Waals surface area contributed by atoms with Crippen LogP contribution in [-0.2, 0) is 0 Å². The SMILES string of the molecule is COc1cnc(Cl)cc1-c1cc(C)ncc1C(=O)Nc1nnc([C@H]2C[C@H](C)C2)s1. The molecule has 3 aromatic heterocycles. The lowest BCUT2D eigenvalue weighted by Gasteiger charge is -2.30. The average Bonchev–Trinajstić information content (AvgIpc) is 3.13. The van der Waals surface area contributed by atoms with E-state index in [0.717, 1.165) is 29.5 Å². The normalized spacial score (nSPS) is 18.2. The predicted octanol–water partition coefficient (Wildman–Crippen LogP) is 4.73. The van der Waals surface area contributed by atoms with Gasteiger partial charge in [0.05, 0.1) is 18.9 Å². The second-order valence-corrected chi connectivity index (χ2v) is 8.65. The summed E-state index contributed by atoms with van der Waals surface area (Å²) in [6, 6.07) is 3.50. The molecule has 0 radical (unpaired) electrons. The van der Waals surface area contributed by atoms with Crippen LogP contribution in [0.2, 0.25) is 5.15 Å². The minimum absolute atomic E-state index is 0.310. The van der Waals surface area contributed by atoms with Gasteiger partial charge in [0, 0.05) is 28.9 Å². The van der Waals surface area contributed by atoms with Gasteiger partial charge in [0.1, 0.15) is 15.9 Å². The van der Waals surface area contributed by atoms with E-state index in [0.29, 0.717) is 38.6 Å². The number of ether oxygens (including phenoxy) is 1. The van der Waals surface area contributed by atoms with E-state index in [2.05, 4.69) is 32.4 Å². The molecule has 0 aromatic carbocycles. The molecule has 1 amide bonds. The van der Waals surface area contributed by atoms with E-state index in [1.165, 1.54) is 17.5 Å². The number of amides is 1. The fourth-order valence-electron chi connectivity index (χ4n) is 3.47. The Hall–Kier alpha value is -2.58. The molecule has 7 nitrogen and oxygen atoms in total. The van der Waals surface area contributed by atoms with Gasteiger partial charge in [0.25, 0.3) is 5.91 Å². The van der Waals surface area contributed by atoms with Gasteiger partial charge in [-0.2, -0.15) is 0 Å². The van der Waals surface area contributed by atoms with Gasteiger partial charge in [-0.15, -0.1) is 10.2 Å². The third kappa shape index (κ3) is 4.09. The van der Waals surface area contributed by atoms with Crippen LogP contribution in [0.4, 0.5) is 5.13 Å². The molecular weight excluding hydrogens is 410 g/mol. The molecule has 0 spiro atoms. The third-order valence-corrected chi connectivity index (χ3v) is 6.22. The first-order valence-electron chi connectivity index (χ1n) is 9.26. The Labute approximate surface area is 177 Å². The average molecular weight is 430 g/mol. The van der Waals surface area contributed by atoms with Gasteiger partial charge in [0.15, 0.2) is 0 Å². The molecule has 0 saturated heterocycles. The van der Waals surface area contributed by atoms with Crippen LogP contribution in [0.3, 0.4) is 0 Å². The Bertz CT molecular complexity index is 1060. The minimum Gasteiger partial charge on any atom is -0.494 e. The van der Waals surface area contributed by atoms with Crippen molar-refractivity contribution in [2.45, 2.75) is 32.6 Å². The molecule has 9 heteroatoms. The van der Waals surface area contributed by atoms with Crippen molar-refractivity contribution >= 4 is 34.0 Å². The molecule has 0 bridgehead atoms. The molecule has 0 aliphatic heterocycles. The lowest BCUT2D eigenvalue weighted by molar-refractivity contribution is 0.102. The first-order valence-corrected chi connectivity index (χ1v) is 10.5. The first-order chi connectivity index (χ1) is 13.9. The number of hydrogen-bond acceptors (Lipinski definition) is 7. The number of methoxy groups -OCH3 is 1. The molecule has 1 aliphatic rings. The van der Waals surface area contributed by atoms with Crippen molar-refractivity contribution in [3.8, 4) is 16.9 Å². The van der Waals surface area contributed by atoms with Gasteiger partial charge in [-0.05, 0) is 37.8 Å². The maximum atomic E-state index is 13.0. The summed E-state index contributed by atoms with van der Waals surface area (Å²) in [6.45, 7) is 4.09. The lowest BCUT2D eigenvalue weighted by atomic mass is 9.77. The van der Waals surface area contributed by atoms with Crippen LogP contribution < -0.4 is 10.1 Å². The fourth-order valence-corrected chi connectivity index (χ4v) is 4.49. The second kappa shape index (κ2) is 8.04. The Kier molecular flexibility index (Phi) is 5.47. The highest BCUT2D eigenvalue weighted by Crippen LogP contribution is 2.42. The molecule has 1 aliphatic carbocycles. The molecule has 29 heavy (non-hydrogen) atoms. The van der Waals surface area contributed by atoms with Crippen molar-refractivity contribution in [1.82, 2.24) is 20.2 Å². The van der Waals surface area contributed by atoms with Crippen LogP contribution in [-0.4, -0.2) is 33.2 Å². The van der Waals surface area contributed by atoms with Gasteiger partial charge in [0.2, 0.25) is 5.13 Å². The Morgan fingerprint density at radius 1 is 1.21 bits per heavy atom. The van der Waals surface area contributed by atoms with Crippen molar-refractivity contribution in [2.75, 3.05) is 12.4 Å². The van der Waals surface area contributed by atoms with Crippen molar-refractivity contribution in [3.63, 3.8) is 0 Å². The molecule has 1 saturated carbocycles. The zero-order valence-electron chi connectivity index (χ0n) is 16.3. The number of rotatable bonds is 5. The summed E-state index contributed by atoms with van der Waals surface area (Å²) in [4.78, 5) is 21.4. The molecule has 1 N–H and O–H groups in total. The topological polar surface area (TPSA) is 89.9 Å². The summed E-state index contributed by atoms with van der Waals surface area (Å²) in [5, 5.41) is 13.0. The van der Waals surface area contributed by atoms with Crippen LogP contribution in [0, 0.1) is 12.8 Å². The van der Waals surface area contributed by atoms with E-state index < -0.39 is 0 Å². The summed E-state index contributed by atoms with van der Waals surface area (Å²) in [5.41, 5.74) is 2.49. The Morgan fingerprint density at radius 3 is 2.72 bits per heavy atom. The van der Waals surface area contributed by atoms with Gasteiger partial charge >= 0.3 is 0 Å². The number of nitrogens with one attached hydrogen (secondary N) is 1. The highest BCUT2D eigenvalue weighted by molar-refractivity contribution is 7.15. The number of carbonyl (C=O) groups excluding carboxylic acids is 1. The van der Waals surface area contributed by atoms with E-state index in [1.807, 2.05) is 13.0 Å². The number of carbonyl (C=O) groups is 1. The molecule has 4 rings (SSSR count). The summed E-state index contributed by atoms with van der Waals surface area (Å²) in [5.74, 6) is 1.39. The fraction of sp³-hybridized carbons (Fsp3) is 0.350. The molecule has 3 aromatic rings. The smallest absolute Gasteiger partial charge is 0.259 e. The lowest BCUT2D eigenvalue weighted by Crippen LogP contribution is -2.18. The Morgan fingerprint density at radius 2 is 2.00 bits per heavy atom. The molecular formula is C20H20ClN5O2S. The van der Waals surface area contributed by atoms with Crippen LogP contribution in [0.5, 0.6) is 5.75 Å². The van der Waals surface area contributed by atoms with Crippen molar-refractivity contribution in [2.24, 2.45) is 5.92 Å². The molecule has 150 valence electrons. The highest BCUT2D eigenvalue weighted by Gasteiger charge is 2.30. The zero-order chi connectivity index (χ0) is 20.5. The monoisotopic (exact) mass is 429 g/mol. The van der Waals surface area contributed by atoms with Crippen LogP contribution >= 0.6 is 22.9 Å². The maximum absolute atomic E-state index is 13.0. The number of aryl methyl sites for hydroxylation is 1. The van der Waals surface area contributed by atoms with E-state index in [9.17, 15) is 4.79 Å². The molecule has 0 unspecified atom stereocenters. The van der Waals surface area contributed by atoms with E-state index in [4.69, 9.17) is 16.3 Å². The molecule has 3 heterocycles. The summed E-state index contributed by atoms with van der Waals surface area (Å²) in [6.07, 6.45) is 5.32. The number of aromatic nitrogens is 4. The molecule has 0 atom stereocenters. The first kappa shape index (κ1) is 19.7. The van der Waals surface area contributed by atoms with Crippen LogP contribution in [0.1, 0.15) is 46.7 Å². The Balaban J connectivity index is 1.64. The number of pyridine rings is 2. The predicted molar refractivity (Wildman–Crippen MR) is 113 cm³/mol. The largest absolute Gasteiger partial charge is 0.494 e. The summed E-state index contributed by atoms with van der Waals surface area (Å²) in [7, 11) is 1.55. The van der Waals surface area contributed by atoms with Gasteiger partial charge in [-0.3, -0.25) is 15.1 Å². The number of nitrogens with zero attached hydrogens (tertiary/aromatic N) is 4. The number of halogens is 1. The number of anilines is 1. The van der Waals surface area contributed by atoms with Crippen LogP contribution in [0.25, 0.3) is 11.1 Å². The third-order valence-electron chi connectivity index (χ3n) is 5.01. The summed E-state index contributed by atoms with van der Waals surface area (Å²) >= 11 is 7.51. The van der Waals surface area contributed by atoms with Crippen molar-refractivity contribution < 1.29 is 9.53 Å². The van der Waals surface area contributed by atoms with Crippen LogP contribution in [0.15, 0.2) is 24.5 Å². The second-order valence-electron chi connectivity index (χ2n) is 7.25. The zero-order valence-corrected chi connectivity index (χ0v) is 17.8. The minimum atomic E-state index is -0.313. The van der Waals surface area contributed by atoms with E-state index in [-0.39, 0.29) is 5.91 Å². The van der Waals surface area contributed by atoms with Gasteiger partial charge in [-0.1, -0.05) is 29.9 Å². The highest BCUT2D eigenvalue weighted by atomic mass is 35.5. The van der Waals surface area contributed by atoms with E-state index >= 15 is 0 Å². The summed E-state index contributed by atoms with van der Waals surface area (Å²) < 4.78 is 5.41. The molecule has 1 fully saturated rings. The quantitative estimate of drug-likeness (QED) is 0.589. The van der Waals surface area contributed by atoms with E-state index in [1.54, 1.807) is 19.4 Å². The van der Waals surface area contributed by atoms with Gasteiger partial charge in [-0.25, -0.2) is 4.98 Å². The standard InChI is InChI=1S/C20H20ClN5O2S/c1-10-4-12(5-10)19-25-26-20(29-19)24-18(27)15-8-22-11(2)6-13(15)14-7-17(21)23-9-16(14)28-3/h6-10,12H,4-5H2,1-3H3,(H,24,26,27)/t10-,12-. The maximum Gasteiger partial charge on any atom is 0.259 e. The van der Waals surface area contributed by atoms with Crippen molar-refractivity contribution in [1.29, 1.82) is 0 Å².